The summed E-state index contributed by atoms with van der Waals surface area (Å²) in [6.07, 6.45) is 7.55. The van der Waals surface area contributed by atoms with E-state index in [1.54, 1.807) is 31.4 Å². The zero-order valence-corrected chi connectivity index (χ0v) is 15.5. The lowest BCUT2D eigenvalue weighted by Crippen LogP contribution is -2.01. The third-order valence-electron chi connectivity index (χ3n) is 4.60. The van der Waals surface area contributed by atoms with Crippen molar-refractivity contribution in [2.75, 3.05) is 14.2 Å². The van der Waals surface area contributed by atoms with Gasteiger partial charge in [-0.1, -0.05) is 12.2 Å². The van der Waals surface area contributed by atoms with Crippen LogP contribution in [0.2, 0.25) is 0 Å². The number of fused-ring (bicyclic) bond motifs is 3. The molecule has 4 rings (SSSR count). The summed E-state index contributed by atoms with van der Waals surface area (Å²) in [5.74, 6) is 2.35. The second kappa shape index (κ2) is 6.92. The topological polar surface area (TPSA) is 61.8 Å². The molecule has 7 heteroatoms. The number of hydrogen-bond acceptors (Lipinski definition) is 6. The Morgan fingerprint density at radius 3 is 2.81 bits per heavy atom. The van der Waals surface area contributed by atoms with E-state index in [9.17, 15) is 0 Å². The number of methoxy groups -OCH3 is 2. The largest absolute Gasteiger partial charge is 0.493 e. The van der Waals surface area contributed by atoms with Gasteiger partial charge in [-0.15, -0.1) is 0 Å². The minimum Gasteiger partial charge on any atom is -0.493 e. The van der Waals surface area contributed by atoms with Crippen LogP contribution in [-0.2, 0) is 12.8 Å². The average molecular weight is 369 g/mol. The first-order valence-electron chi connectivity index (χ1n) is 8.49. The molecule has 0 saturated heterocycles. The molecule has 0 spiro atoms. The number of ether oxygens (including phenoxy) is 2. The van der Waals surface area contributed by atoms with Gasteiger partial charge in [0.25, 0.3) is 0 Å². The summed E-state index contributed by atoms with van der Waals surface area (Å²) in [6, 6.07) is 5.60. The first-order valence-corrected chi connectivity index (χ1v) is 8.90. The Hall–Kier alpha value is -2.67. The lowest BCUT2D eigenvalue weighted by molar-refractivity contribution is 0.355. The normalized spacial score (nSPS) is 13.9. The Balaban J connectivity index is 1.72. The van der Waals surface area contributed by atoms with Crippen LogP contribution >= 0.6 is 12.2 Å². The van der Waals surface area contributed by atoms with Crippen LogP contribution in [0, 0.1) is 4.64 Å². The summed E-state index contributed by atoms with van der Waals surface area (Å²) in [5, 5.41) is 5.39. The van der Waals surface area contributed by atoms with Crippen molar-refractivity contribution < 1.29 is 13.9 Å². The summed E-state index contributed by atoms with van der Waals surface area (Å²) in [4.78, 5) is 4.39. The number of aryl methyl sites for hydroxylation is 2. The Bertz CT molecular complexity index is 1050. The van der Waals surface area contributed by atoms with Crippen LogP contribution < -0.4 is 9.47 Å². The molecule has 0 radical (unpaired) electrons. The minimum absolute atomic E-state index is 0.611. The number of hydrogen-bond donors (Lipinski definition) is 0. The molecule has 0 bridgehead atoms. The first kappa shape index (κ1) is 16.8. The van der Waals surface area contributed by atoms with Gasteiger partial charge in [0.05, 0.1) is 25.8 Å². The van der Waals surface area contributed by atoms with Crippen molar-refractivity contribution >= 4 is 29.5 Å². The van der Waals surface area contributed by atoms with Crippen LogP contribution in [-0.4, -0.2) is 30.1 Å². The molecule has 0 saturated carbocycles. The summed E-state index contributed by atoms with van der Waals surface area (Å²) in [5.41, 5.74) is 2.68. The second-order valence-corrected chi connectivity index (χ2v) is 6.53. The van der Waals surface area contributed by atoms with E-state index in [1.165, 1.54) is 5.56 Å². The molecule has 26 heavy (non-hydrogen) atoms. The van der Waals surface area contributed by atoms with Gasteiger partial charge >= 0.3 is 0 Å². The SMILES string of the molecule is COc1ccc(C=Nn2cnc3oc4c(c3c2=S)CCCC4)cc1OC. The Labute approximate surface area is 156 Å². The zero-order chi connectivity index (χ0) is 18.1. The van der Waals surface area contributed by atoms with Gasteiger partial charge in [0, 0.05) is 12.0 Å². The van der Waals surface area contributed by atoms with Crippen LogP contribution in [0.1, 0.15) is 29.7 Å². The number of furan rings is 1. The molecule has 1 aliphatic rings. The molecule has 0 unspecified atom stereocenters. The van der Waals surface area contributed by atoms with Crippen LogP contribution in [0.25, 0.3) is 11.1 Å². The van der Waals surface area contributed by atoms with Gasteiger partial charge in [0.2, 0.25) is 5.71 Å². The fourth-order valence-corrected chi connectivity index (χ4v) is 3.59. The van der Waals surface area contributed by atoms with Crippen LogP contribution in [0.3, 0.4) is 0 Å². The summed E-state index contributed by atoms with van der Waals surface area (Å²) in [6.45, 7) is 0. The van der Waals surface area contributed by atoms with E-state index in [2.05, 4.69) is 10.1 Å². The Morgan fingerprint density at radius 2 is 2.00 bits per heavy atom. The molecule has 3 aromatic rings. The van der Waals surface area contributed by atoms with Gasteiger partial charge in [-0.25, -0.2) is 9.66 Å². The molecule has 1 aromatic carbocycles. The highest BCUT2D eigenvalue weighted by atomic mass is 32.1. The van der Waals surface area contributed by atoms with Gasteiger partial charge in [-0.05, 0) is 43.0 Å². The summed E-state index contributed by atoms with van der Waals surface area (Å²) >= 11 is 5.64. The Morgan fingerprint density at radius 1 is 1.19 bits per heavy atom. The van der Waals surface area contributed by atoms with Gasteiger partial charge < -0.3 is 13.9 Å². The van der Waals surface area contributed by atoms with Crippen molar-refractivity contribution in [2.24, 2.45) is 5.10 Å². The maximum Gasteiger partial charge on any atom is 0.231 e. The van der Waals surface area contributed by atoms with Crippen molar-refractivity contribution in [2.45, 2.75) is 25.7 Å². The predicted octanol–water partition coefficient (Wildman–Crippen LogP) is 4.14. The van der Waals surface area contributed by atoms with Crippen LogP contribution in [0.5, 0.6) is 11.5 Å². The predicted molar refractivity (Wildman–Crippen MR) is 102 cm³/mol. The quantitative estimate of drug-likeness (QED) is 0.511. The van der Waals surface area contributed by atoms with Gasteiger partial charge in [-0.3, -0.25) is 0 Å². The van der Waals surface area contributed by atoms with E-state index in [4.69, 9.17) is 26.1 Å². The molecule has 0 aliphatic heterocycles. The fraction of sp³-hybridized carbons (Fsp3) is 0.316. The molecule has 0 fully saturated rings. The zero-order valence-electron chi connectivity index (χ0n) is 14.7. The van der Waals surface area contributed by atoms with E-state index in [1.807, 2.05) is 18.2 Å². The van der Waals surface area contributed by atoms with Crippen molar-refractivity contribution in [3.05, 3.63) is 46.1 Å². The molecule has 0 amide bonds. The summed E-state index contributed by atoms with van der Waals surface area (Å²) < 4.78 is 18.7. The highest BCUT2D eigenvalue weighted by molar-refractivity contribution is 7.71. The van der Waals surface area contributed by atoms with Crippen molar-refractivity contribution in [3.8, 4) is 11.5 Å². The minimum atomic E-state index is 0.611. The standard InChI is InChI=1S/C19H19N3O3S/c1-23-15-8-7-12(9-16(15)24-2)10-21-22-11-20-18-17(19(22)26)13-5-3-4-6-14(13)25-18/h7-11H,3-6H2,1-2H3. The number of nitrogens with zero attached hydrogens (tertiary/aromatic N) is 3. The third-order valence-corrected chi connectivity index (χ3v) is 4.99. The van der Waals surface area contributed by atoms with Gasteiger partial charge in [0.1, 0.15) is 16.7 Å². The van der Waals surface area contributed by atoms with E-state index < -0.39 is 0 Å². The van der Waals surface area contributed by atoms with Gasteiger partial charge in [0.15, 0.2) is 11.5 Å². The van der Waals surface area contributed by atoms with E-state index in [0.717, 1.165) is 42.4 Å². The lowest BCUT2D eigenvalue weighted by Gasteiger charge is -2.08. The first-order chi connectivity index (χ1) is 12.7. The van der Waals surface area contributed by atoms with E-state index in [-0.39, 0.29) is 0 Å². The van der Waals surface area contributed by atoms with Crippen LogP contribution in [0.4, 0.5) is 0 Å². The Kier molecular flexibility index (Phi) is 4.46. The molecule has 0 atom stereocenters. The van der Waals surface area contributed by atoms with Crippen LogP contribution in [0.15, 0.2) is 34.0 Å². The fourth-order valence-electron chi connectivity index (χ4n) is 3.28. The lowest BCUT2D eigenvalue weighted by atomic mass is 9.97. The smallest absolute Gasteiger partial charge is 0.231 e. The molecule has 2 heterocycles. The highest BCUT2D eigenvalue weighted by Crippen LogP contribution is 2.31. The van der Waals surface area contributed by atoms with E-state index >= 15 is 0 Å². The second-order valence-electron chi connectivity index (χ2n) is 6.14. The molecule has 134 valence electrons. The van der Waals surface area contributed by atoms with Gasteiger partial charge in [-0.2, -0.15) is 5.10 Å². The maximum atomic E-state index is 5.87. The number of rotatable bonds is 4. The number of aromatic nitrogens is 2. The molecule has 0 N–H and O–H groups in total. The highest BCUT2D eigenvalue weighted by Gasteiger charge is 2.20. The third kappa shape index (κ3) is 2.88. The maximum absolute atomic E-state index is 5.87. The molecular weight excluding hydrogens is 350 g/mol. The number of benzene rings is 1. The van der Waals surface area contributed by atoms with Crippen molar-refractivity contribution in [3.63, 3.8) is 0 Å². The van der Waals surface area contributed by atoms with Crippen molar-refractivity contribution in [1.82, 2.24) is 9.66 Å². The monoisotopic (exact) mass is 369 g/mol. The van der Waals surface area contributed by atoms with Crippen molar-refractivity contribution in [1.29, 1.82) is 0 Å². The average Bonchev–Trinajstić information content (AvgIpc) is 3.06. The summed E-state index contributed by atoms with van der Waals surface area (Å²) in [7, 11) is 3.21. The molecule has 2 aromatic heterocycles. The molecule has 6 nitrogen and oxygen atoms in total. The molecular formula is C19H19N3O3S. The molecule has 1 aliphatic carbocycles. The van der Waals surface area contributed by atoms with E-state index in [0.29, 0.717) is 21.9 Å².